The second-order valence-corrected chi connectivity index (χ2v) is 7.23. The van der Waals surface area contributed by atoms with Gasteiger partial charge in [0, 0.05) is 43.0 Å². The Labute approximate surface area is 167 Å². The van der Waals surface area contributed by atoms with Crippen molar-refractivity contribution in [2.75, 3.05) is 13.1 Å². The lowest BCUT2D eigenvalue weighted by Crippen LogP contribution is -2.40. The highest BCUT2D eigenvalue weighted by Crippen LogP contribution is 2.26. The summed E-state index contributed by atoms with van der Waals surface area (Å²) in [7, 11) is 0. The Bertz CT molecular complexity index is 1050. The maximum absolute atomic E-state index is 13.1. The van der Waals surface area contributed by atoms with E-state index in [1.165, 1.54) is 18.2 Å². The summed E-state index contributed by atoms with van der Waals surface area (Å²) in [6.45, 7) is 1.17. The Morgan fingerprint density at radius 3 is 2.69 bits per heavy atom. The lowest BCUT2D eigenvalue weighted by Gasteiger charge is -2.32. The molecule has 0 spiro atoms. The van der Waals surface area contributed by atoms with E-state index in [0.717, 1.165) is 24.0 Å². The maximum atomic E-state index is 13.1. The van der Waals surface area contributed by atoms with E-state index in [0.29, 0.717) is 24.6 Å². The molecule has 1 aromatic carbocycles. The van der Waals surface area contributed by atoms with Gasteiger partial charge in [0.2, 0.25) is 5.91 Å². The highest BCUT2D eigenvalue weighted by molar-refractivity contribution is 5.79. The second kappa shape index (κ2) is 8.34. The number of pyridine rings is 1. The predicted molar refractivity (Wildman–Crippen MR) is 107 cm³/mol. The molecule has 1 saturated heterocycles. The molecule has 1 N–H and O–H groups in total. The molecule has 0 aliphatic carbocycles. The topological polar surface area (TPSA) is 79.0 Å². The zero-order valence-electron chi connectivity index (χ0n) is 15.8. The van der Waals surface area contributed by atoms with Crippen LogP contribution < -0.4 is 5.56 Å². The number of piperidine rings is 1. The molecule has 0 saturated carbocycles. The van der Waals surface area contributed by atoms with Crippen molar-refractivity contribution in [2.24, 2.45) is 0 Å². The molecular formula is C22H21FN4O2. The molecule has 4 rings (SSSR count). The number of nitrogens with one attached hydrogen (secondary N) is 1. The third-order valence-corrected chi connectivity index (χ3v) is 5.17. The molecule has 29 heavy (non-hydrogen) atoms. The molecule has 1 fully saturated rings. The zero-order valence-corrected chi connectivity index (χ0v) is 15.8. The third kappa shape index (κ3) is 4.56. The second-order valence-electron chi connectivity index (χ2n) is 7.23. The lowest BCUT2D eigenvalue weighted by molar-refractivity contribution is -0.131. The van der Waals surface area contributed by atoms with Gasteiger partial charge in [-0.05, 0) is 42.7 Å². The number of likely N-dealkylation sites (tertiary alicyclic amines) is 1. The first-order chi connectivity index (χ1) is 14.1. The zero-order chi connectivity index (χ0) is 20.2. The first-order valence-electron chi connectivity index (χ1n) is 9.62. The molecule has 1 amide bonds. The van der Waals surface area contributed by atoms with E-state index in [4.69, 9.17) is 0 Å². The Morgan fingerprint density at radius 1 is 1.17 bits per heavy atom. The monoisotopic (exact) mass is 392 g/mol. The van der Waals surface area contributed by atoms with Crippen LogP contribution in [-0.4, -0.2) is 38.8 Å². The molecule has 7 heteroatoms. The van der Waals surface area contributed by atoms with Crippen molar-refractivity contribution in [3.63, 3.8) is 0 Å². The van der Waals surface area contributed by atoms with Crippen molar-refractivity contribution < 1.29 is 9.18 Å². The molecule has 1 atom stereocenters. The number of hydrogen-bond donors (Lipinski definition) is 1. The molecule has 3 aromatic rings. The molecular weight excluding hydrogens is 371 g/mol. The fraction of sp³-hybridized carbons (Fsp3) is 0.273. The van der Waals surface area contributed by atoms with E-state index in [-0.39, 0.29) is 29.6 Å². The third-order valence-electron chi connectivity index (χ3n) is 5.17. The first-order valence-corrected chi connectivity index (χ1v) is 9.62. The molecule has 1 aliphatic rings. The minimum Gasteiger partial charge on any atom is -0.342 e. The molecule has 2 aromatic heterocycles. The summed E-state index contributed by atoms with van der Waals surface area (Å²) >= 11 is 0. The number of rotatable bonds is 4. The van der Waals surface area contributed by atoms with E-state index < -0.39 is 0 Å². The van der Waals surface area contributed by atoms with Crippen LogP contribution in [0.4, 0.5) is 4.39 Å². The molecule has 0 radical (unpaired) electrons. The van der Waals surface area contributed by atoms with Gasteiger partial charge in [-0.3, -0.25) is 14.6 Å². The summed E-state index contributed by atoms with van der Waals surface area (Å²) in [5.74, 6) is 0.247. The van der Waals surface area contributed by atoms with Crippen LogP contribution in [0.5, 0.6) is 0 Å². The average molecular weight is 392 g/mol. The standard InChI is InChI=1S/C22H21FN4O2/c23-18-5-3-15(4-6-18)12-21(29)27-11-1-2-17(14-27)22-25-19(13-20(28)26-22)16-7-9-24-10-8-16/h3-10,13,17H,1-2,11-12,14H2,(H,25,26,28). The van der Waals surface area contributed by atoms with Crippen molar-refractivity contribution in [1.29, 1.82) is 0 Å². The van der Waals surface area contributed by atoms with Gasteiger partial charge in [0.25, 0.3) is 5.56 Å². The van der Waals surface area contributed by atoms with Gasteiger partial charge in [-0.1, -0.05) is 12.1 Å². The summed E-state index contributed by atoms with van der Waals surface area (Å²) in [6, 6.07) is 11.1. The predicted octanol–water partition coefficient (Wildman–Crippen LogP) is 2.92. The van der Waals surface area contributed by atoms with Gasteiger partial charge in [0.05, 0.1) is 12.1 Å². The van der Waals surface area contributed by atoms with Crippen LogP contribution in [0.2, 0.25) is 0 Å². The number of amides is 1. The first kappa shape index (κ1) is 19.0. The van der Waals surface area contributed by atoms with Crippen LogP contribution in [0, 0.1) is 5.82 Å². The Kier molecular flexibility index (Phi) is 5.46. The van der Waals surface area contributed by atoms with Crippen LogP contribution in [0.15, 0.2) is 59.7 Å². The highest BCUT2D eigenvalue weighted by atomic mass is 19.1. The van der Waals surface area contributed by atoms with Gasteiger partial charge in [-0.2, -0.15) is 0 Å². The van der Waals surface area contributed by atoms with Crippen LogP contribution in [0.25, 0.3) is 11.3 Å². The number of carbonyl (C=O) groups is 1. The number of nitrogens with zero attached hydrogens (tertiary/aromatic N) is 3. The van der Waals surface area contributed by atoms with Gasteiger partial charge < -0.3 is 9.88 Å². The molecule has 1 aliphatic heterocycles. The smallest absolute Gasteiger partial charge is 0.251 e. The van der Waals surface area contributed by atoms with Crippen molar-refractivity contribution in [2.45, 2.75) is 25.2 Å². The van der Waals surface area contributed by atoms with Crippen molar-refractivity contribution in [1.82, 2.24) is 19.9 Å². The minimum atomic E-state index is -0.316. The Hall–Kier alpha value is -3.35. The highest BCUT2D eigenvalue weighted by Gasteiger charge is 2.26. The number of hydrogen-bond acceptors (Lipinski definition) is 4. The van der Waals surface area contributed by atoms with E-state index in [1.807, 2.05) is 12.1 Å². The van der Waals surface area contributed by atoms with Gasteiger partial charge in [-0.15, -0.1) is 0 Å². The van der Waals surface area contributed by atoms with Crippen molar-refractivity contribution >= 4 is 5.91 Å². The minimum absolute atomic E-state index is 0.00561. The molecule has 3 heterocycles. The number of aromatic amines is 1. The molecule has 1 unspecified atom stereocenters. The van der Waals surface area contributed by atoms with E-state index in [1.54, 1.807) is 29.4 Å². The van der Waals surface area contributed by atoms with E-state index in [9.17, 15) is 14.0 Å². The number of aromatic nitrogens is 3. The number of halogens is 1. The Balaban J connectivity index is 1.51. The summed E-state index contributed by atoms with van der Waals surface area (Å²) in [4.78, 5) is 38.2. The van der Waals surface area contributed by atoms with Gasteiger partial charge in [-0.25, -0.2) is 9.37 Å². The fourth-order valence-electron chi connectivity index (χ4n) is 3.66. The van der Waals surface area contributed by atoms with Gasteiger partial charge >= 0.3 is 0 Å². The van der Waals surface area contributed by atoms with E-state index in [2.05, 4.69) is 15.0 Å². The molecule has 148 valence electrons. The average Bonchev–Trinajstić information content (AvgIpc) is 2.75. The van der Waals surface area contributed by atoms with Crippen molar-refractivity contribution in [3.05, 3.63) is 82.4 Å². The normalized spacial score (nSPS) is 16.6. The number of carbonyl (C=O) groups excluding carboxylic acids is 1. The largest absolute Gasteiger partial charge is 0.342 e. The van der Waals surface area contributed by atoms with Gasteiger partial charge in [0.1, 0.15) is 11.6 Å². The maximum Gasteiger partial charge on any atom is 0.251 e. The summed E-state index contributed by atoms with van der Waals surface area (Å²) in [5, 5.41) is 0. The summed E-state index contributed by atoms with van der Waals surface area (Å²) in [6.07, 6.45) is 5.24. The quantitative estimate of drug-likeness (QED) is 0.741. The van der Waals surface area contributed by atoms with Gasteiger partial charge in [0.15, 0.2) is 0 Å². The van der Waals surface area contributed by atoms with Crippen LogP contribution >= 0.6 is 0 Å². The van der Waals surface area contributed by atoms with Crippen LogP contribution in [0.3, 0.4) is 0 Å². The SMILES string of the molecule is O=C(Cc1ccc(F)cc1)N1CCCC(c2nc(-c3ccncc3)cc(=O)[nH]2)C1. The number of H-pyrrole nitrogens is 1. The lowest BCUT2D eigenvalue weighted by atomic mass is 9.96. The molecule has 6 nitrogen and oxygen atoms in total. The summed E-state index contributed by atoms with van der Waals surface area (Å²) < 4.78 is 13.1. The number of benzene rings is 1. The summed E-state index contributed by atoms with van der Waals surface area (Å²) in [5.41, 5.74) is 2.00. The van der Waals surface area contributed by atoms with Crippen LogP contribution in [-0.2, 0) is 11.2 Å². The Morgan fingerprint density at radius 2 is 1.93 bits per heavy atom. The van der Waals surface area contributed by atoms with E-state index >= 15 is 0 Å². The molecule has 0 bridgehead atoms. The van der Waals surface area contributed by atoms with Crippen molar-refractivity contribution in [3.8, 4) is 11.3 Å². The fourth-order valence-corrected chi connectivity index (χ4v) is 3.66. The van der Waals surface area contributed by atoms with Crippen LogP contribution in [0.1, 0.15) is 30.1 Å².